The average Bonchev–Trinajstić information content (AvgIpc) is 2.10. The second kappa shape index (κ2) is 4.11. The van der Waals surface area contributed by atoms with Gasteiger partial charge >= 0.3 is 5.97 Å². The Morgan fingerprint density at radius 1 is 1.46 bits per heavy atom. The molecular formula is C6H3Cl3N2O2. The van der Waals surface area contributed by atoms with Crippen LogP contribution in [0, 0.1) is 0 Å². The minimum atomic E-state index is -0.894. The van der Waals surface area contributed by atoms with Crippen molar-refractivity contribution in [3.8, 4) is 0 Å². The molecule has 0 saturated carbocycles. The standard InChI is InChI=1S/C6H3Cl3N2O2/c7-2-1-3(8)11-5(4(2)9)6(12)13-10/h1H,10H2. The molecule has 0 saturated heterocycles. The summed E-state index contributed by atoms with van der Waals surface area (Å²) in [6, 6.07) is 1.30. The van der Waals surface area contributed by atoms with Crippen molar-refractivity contribution in [1.82, 2.24) is 4.98 Å². The molecule has 0 aromatic carbocycles. The lowest BCUT2D eigenvalue weighted by Crippen LogP contribution is -2.12. The highest BCUT2D eigenvalue weighted by Crippen LogP contribution is 2.27. The number of pyridine rings is 1. The quantitative estimate of drug-likeness (QED) is 0.604. The smallest absolute Gasteiger partial charge is 0.368 e. The van der Waals surface area contributed by atoms with Crippen molar-refractivity contribution in [2.45, 2.75) is 0 Å². The van der Waals surface area contributed by atoms with Crippen molar-refractivity contribution in [3.63, 3.8) is 0 Å². The van der Waals surface area contributed by atoms with E-state index in [0.29, 0.717) is 0 Å². The van der Waals surface area contributed by atoms with Gasteiger partial charge in [0.1, 0.15) is 5.15 Å². The molecule has 70 valence electrons. The van der Waals surface area contributed by atoms with Crippen LogP contribution < -0.4 is 5.90 Å². The van der Waals surface area contributed by atoms with Crippen molar-refractivity contribution in [1.29, 1.82) is 0 Å². The SMILES string of the molecule is NOC(=O)c1nc(Cl)cc(Cl)c1Cl. The highest BCUT2D eigenvalue weighted by Gasteiger charge is 2.16. The number of nitrogens with zero attached hydrogens (tertiary/aromatic N) is 1. The van der Waals surface area contributed by atoms with E-state index in [1.807, 2.05) is 0 Å². The maximum absolute atomic E-state index is 10.9. The number of hydrogen-bond donors (Lipinski definition) is 1. The summed E-state index contributed by atoms with van der Waals surface area (Å²) in [6.07, 6.45) is 0. The molecule has 0 atom stereocenters. The third kappa shape index (κ3) is 2.22. The van der Waals surface area contributed by atoms with Crippen molar-refractivity contribution in [3.05, 3.63) is 27.0 Å². The van der Waals surface area contributed by atoms with Gasteiger partial charge in [-0.15, -0.1) is 0 Å². The average molecular weight is 241 g/mol. The number of nitrogens with two attached hydrogens (primary N) is 1. The van der Waals surface area contributed by atoms with Crippen LogP contribution in [-0.2, 0) is 4.84 Å². The van der Waals surface area contributed by atoms with Gasteiger partial charge in [0, 0.05) is 0 Å². The fourth-order valence-electron chi connectivity index (χ4n) is 0.660. The van der Waals surface area contributed by atoms with Gasteiger partial charge < -0.3 is 4.84 Å². The Kier molecular flexibility index (Phi) is 3.33. The minimum absolute atomic E-state index is 0.0369. The largest absolute Gasteiger partial charge is 0.377 e. The van der Waals surface area contributed by atoms with Crippen molar-refractivity contribution in [2.24, 2.45) is 5.90 Å². The van der Waals surface area contributed by atoms with Gasteiger partial charge in [-0.25, -0.2) is 9.78 Å². The van der Waals surface area contributed by atoms with Crippen LogP contribution in [0.3, 0.4) is 0 Å². The summed E-state index contributed by atoms with van der Waals surface area (Å²) in [5, 5.41) is 0.110. The molecule has 0 unspecified atom stereocenters. The van der Waals surface area contributed by atoms with E-state index in [0.717, 1.165) is 0 Å². The van der Waals surface area contributed by atoms with E-state index >= 15 is 0 Å². The number of carbonyl (C=O) groups is 1. The first-order chi connectivity index (χ1) is 6.06. The summed E-state index contributed by atoms with van der Waals surface area (Å²) in [6.45, 7) is 0. The molecule has 0 fully saturated rings. The Morgan fingerprint density at radius 2 is 2.08 bits per heavy atom. The van der Waals surface area contributed by atoms with Crippen LogP contribution in [0.1, 0.15) is 10.5 Å². The summed E-state index contributed by atoms with van der Waals surface area (Å²) in [7, 11) is 0. The minimum Gasteiger partial charge on any atom is -0.368 e. The van der Waals surface area contributed by atoms with Gasteiger partial charge in [0.15, 0.2) is 5.69 Å². The van der Waals surface area contributed by atoms with Gasteiger partial charge in [-0.05, 0) is 6.07 Å². The fraction of sp³-hybridized carbons (Fsp3) is 0. The van der Waals surface area contributed by atoms with Gasteiger partial charge in [0.05, 0.1) is 10.0 Å². The van der Waals surface area contributed by atoms with Gasteiger partial charge in [0.25, 0.3) is 0 Å². The Labute approximate surface area is 88.5 Å². The van der Waals surface area contributed by atoms with Gasteiger partial charge in [-0.2, -0.15) is 5.90 Å². The van der Waals surface area contributed by atoms with Gasteiger partial charge in [-0.1, -0.05) is 34.8 Å². The molecule has 4 nitrogen and oxygen atoms in total. The third-order valence-electron chi connectivity index (χ3n) is 1.18. The molecule has 1 aromatic heterocycles. The zero-order valence-electron chi connectivity index (χ0n) is 6.05. The van der Waals surface area contributed by atoms with E-state index in [9.17, 15) is 4.79 Å². The van der Waals surface area contributed by atoms with Crippen molar-refractivity contribution < 1.29 is 9.63 Å². The first-order valence-electron chi connectivity index (χ1n) is 2.99. The van der Waals surface area contributed by atoms with E-state index in [2.05, 4.69) is 15.7 Å². The summed E-state index contributed by atoms with van der Waals surface area (Å²) in [5.74, 6) is 3.74. The number of carbonyl (C=O) groups excluding carboxylic acids is 1. The molecule has 1 aromatic rings. The lowest BCUT2D eigenvalue weighted by Gasteiger charge is -2.02. The van der Waals surface area contributed by atoms with Crippen LogP contribution >= 0.6 is 34.8 Å². The van der Waals surface area contributed by atoms with Crippen LogP contribution in [0.2, 0.25) is 15.2 Å². The Balaban J connectivity index is 3.28. The monoisotopic (exact) mass is 240 g/mol. The topological polar surface area (TPSA) is 65.2 Å². The highest BCUT2D eigenvalue weighted by atomic mass is 35.5. The molecule has 0 radical (unpaired) electrons. The Morgan fingerprint density at radius 3 is 2.62 bits per heavy atom. The number of rotatable bonds is 1. The molecule has 7 heteroatoms. The molecule has 13 heavy (non-hydrogen) atoms. The van der Waals surface area contributed by atoms with E-state index in [4.69, 9.17) is 34.8 Å². The molecule has 0 bridgehead atoms. The van der Waals surface area contributed by atoms with E-state index in [1.165, 1.54) is 6.07 Å². The first-order valence-corrected chi connectivity index (χ1v) is 4.12. The molecule has 0 aliphatic carbocycles. The van der Waals surface area contributed by atoms with E-state index in [-0.39, 0.29) is 20.9 Å². The molecule has 0 amide bonds. The molecule has 1 rings (SSSR count). The van der Waals surface area contributed by atoms with Gasteiger partial charge in [-0.3, -0.25) is 0 Å². The maximum Gasteiger partial charge on any atom is 0.377 e. The highest BCUT2D eigenvalue weighted by molar-refractivity contribution is 6.44. The number of aromatic nitrogens is 1. The molecular weight excluding hydrogens is 238 g/mol. The molecule has 0 spiro atoms. The third-order valence-corrected chi connectivity index (χ3v) is 2.15. The normalized spacial score (nSPS) is 9.85. The fourth-order valence-corrected chi connectivity index (χ4v) is 1.28. The lowest BCUT2D eigenvalue weighted by molar-refractivity contribution is 0.0496. The van der Waals surface area contributed by atoms with E-state index < -0.39 is 5.97 Å². The summed E-state index contributed by atoms with van der Waals surface area (Å²) in [4.78, 5) is 18.4. The lowest BCUT2D eigenvalue weighted by atomic mass is 10.3. The van der Waals surface area contributed by atoms with E-state index in [1.54, 1.807) is 0 Å². The molecule has 0 aliphatic heterocycles. The van der Waals surface area contributed by atoms with Crippen LogP contribution in [0.25, 0.3) is 0 Å². The van der Waals surface area contributed by atoms with Crippen LogP contribution in [0.4, 0.5) is 0 Å². The van der Waals surface area contributed by atoms with Crippen molar-refractivity contribution >= 4 is 40.8 Å². The second-order valence-electron chi connectivity index (χ2n) is 1.99. The Hall–Kier alpha value is -0.550. The van der Waals surface area contributed by atoms with Crippen molar-refractivity contribution in [2.75, 3.05) is 0 Å². The van der Waals surface area contributed by atoms with Crippen LogP contribution in [0.15, 0.2) is 6.07 Å². The zero-order chi connectivity index (χ0) is 10.0. The molecule has 1 heterocycles. The Bertz CT molecular complexity index is 356. The summed E-state index contributed by atoms with van der Waals surface area (Å²) in [5.41, 5.74) is -0.207. The summed E-state index contributed by atoms with van der Waals surface area (Å²) >= 11 is 16.8. The molecule has 0 aliphatic rings. The van der Waals surface area contributed by atoms with Crippen LogP contribution in [0.5, 0.6) is 0 Å². The van der Waals surface area contributed by atoms with Crippen LogP contribution in [-0.4, -0.2) is 11.0 Å². The zero-order valence-corrected chi connectivity index (χ0v) is 8.32. The number of hydrogen-bond acceptors (Lipinski definition) is 4. The number of halogens is 3. The summed E-state index contributed by atoms with van der Waals surface area (Å²) < 4.78 is 0. The second-order valence-corrected chi connectivity index (χ2v) is 3.17. The predicted molar refractivity (Wildman–Crippen MR) is 48.9 cm³/mol. The van der Waals surface area contributed by atoms with Gasteiger partial charge in [0.2, 0.25) is 0 Å². The molecule has 2 N–H and O–H groups in total. The predicted octanol–water partition coefficient (Wildman–Crippen LogP) is 2.07. The maximum atomic E-state index is 10.9. The first kappa shape index (κ1) is 10.5.